The van der Waals surface area contributed by atoms with E-state index in [4.69, 9.17) is 21.1 Å². The molecule has 2 N–H and O–H groups in total. The number of urea groups is 1. The van der Waals surface area contributed by atoms with Gasteiger partial charge < -0.3 is 20.1 Å². The van der Waals surface area contributed by atoms with E-state index >= 15 is 0 Å². The number of ether oxygens (including phenoxy) is 2. The fourth-order valence-electron chi connectivity index (χ4n) is 1.59. The Morgan fingerprint density at radius 3 is 2.62 bits per heavy atom. The van der Waals surface area contributed by atoms with Gasteiger partial charge >= 0.3 is 6.03 Å². The van der Waals surface area contributed by atoms with Crippen molar-refractivity contribution in [2.24, 2.45) is 0 Å². The Labute approximate surface area is 127 Å². The van der Waals surface area contributed by atoms with Gasteiger partial charge in [0.2, 0.25) is 0 Å². The summed E-state index contributed by atoms with van der Waals surface area (Å²) in [5, 5.41) is 5.90. The van der Waals surface area contributed by atoms with Crippen LogP contribution in [0.3, 0.4) is 0 Å². The van der Waals surface area contributed by atoms with Gasteiger partial charge in [-0.1, -0.05) is 17.7 Å². The number of rotatable bonds is 5. The monoisotopic (exact) mass is 306 g/mol. The maximum atomic E-state index is 11.7. The zero-order chi connectivity index (χ0) is 15.1. The first-order valence-electron chi connectivity index (χ1n) is 6.24. The van der Waals surface area contributed by atoms with Crippen LogP contribution >= 0.6 is 11.6 Å². The minimum atomic E-state index is -0.364. The summed E-state index contributed by atoms with van der Waals surface area (Å²) in [4.78, 5) is 11.7. The van der Waals surface area contributed by atoms with Gasteiger partial charge in [0, 0.05) is 16.8 Å². The standard InChI is InChI=1S/C15H15ClN2O3/c1-20-14-4-2-3-12(9-14)18-15(19)17-10-21-13-7-5-11(16)6-8-13/h2-9H,10H2,1H3,(H2,17,18,19). The first kappa shape index (κ1) is 15.0. The van der Waals surface area contributed by atoms with E-state index in [9.17, 15) is 4.79 Å². The van der Waals surface area contributed by atoms with Crippen molar-refractivity contribution in [1.82, 2.24) is 5.32 Å². The lowest BCUT2D eigenvalue weighted by molar-refractivity contribution is 0.234. The van der Waals surface area contributed by atoms with Crippen LogP contribution in [0.2, 0.25) is 5.02 Å². The molecule has 0 bridgehead atoms. The molecule has 2 amide bonds. The second-order valence-corrected chi connectivity index (χ2v) is 4.54. The molecule has 0 aliphatic rings. The largest absolute Gasteiger partial charge is 0.497 e. The van der Waals surface area contributed by atoms with Crippen molar-refractivity contribution >= 4 is 23.3 Å². The number of halogens is 1. The molecule has 2 aromatic carbocycles. The molecule has 0 heterocycles. The third-order valence-electron chi connectivity index (χ3n) is 2.61. The fraction of sp³-hybridized carbons (Fsp3) is 0.133. The molecule has 0 aromatic heterocycles. The zero-order valence-corrected chi connectivity index (χ0v) is 12.2. The summed E-state index contributed by atoms with van der Waals surface area (Å²) in [5.41, 5.74) is 0.637. The highest BCUT2D eigenvalue weighted by Crippen LogP contribution is 2.17. The number of benzene rings is 2. The molecule has 2 rings (SSSR count). The van der Waals surface area contributed by atoms with Gasteiger partial charge in [-0.3, -0.25) is 0 Å². The molecule has 0 atom stereocenters. The average Bonchev–Trinajstić information content (AvgIpc) is 2.49. The minimum Gasteiger partial charge on any atom is -0.497 e. The van der Waals surface area contributed by atoms with Crippen LogP contribution in [0.25, 0.3) is 0 Å². The summed E-state index contributed by atoms with van der Waals surface area (Å²) in [7, 11) is 1.57. The van der Waals surface area contributed by atoms with E-state index in [1.807, 2.05) is 0 Å². The Bertz CT molecular complexity index is 602. The van der Waals surface area contributed by atoms with Crippen molar-refractivity contribution in [3.63, 3.8) is 0 Å². The molecule has 21 heavy (non-hydrogen) atoms. The molecule has 0 aliphatic heterocycles. The number of carbonyl (C=O) groups excluding carboxylic acids is 1. The molecule has 0 saturated heterocycles. The fourth-order valence-corrected chi connectivity index (χ4v) is 1.72. The molecule has 0 unspecified atom stereocenters. The second-order valence-electron chi connectivity index (χ2n) is 4.11. The van der Waals surface area contributed by atoms with Crippen LogP contribution in [0.5, 0.6) is 11.5 Å². The molecule has 5 nitrogen and oxygen atoms in total. The summed E-state index contributed by atoms with van der Waals surface area (Å²) in [6, 6.07) is 13.6. The first-order valence-corrected chi connectivity index (χ1v) is 6.62. The lowest BCUT2D eigenvalue weighted by Gasteiger charge is -2.10. The second kappa shape index (κ2) is 7.40. The number of amides is 2. The highest BCUT2D eigenvalue weighted by molar-refractivity contribution is 6.30. The molecular weight excluding hydrogens is 292 g/mol. The molecular formula is C15H15ClN2O3. The summed E-state index contributed by atoms with van der Waals surface area (Å²) < 4.78 is 10.4. The van der Waals surface area contributed by atoms with Crippen LogP contribution in [0.15, 0.2) is 48.5 Å². The number of carbonyl (C=O) groups is 1. The van der Waals surface area contributed by atoms with Gasteiger partial charge in [0.25, 0.3) is 0 Å². The number of hydrogen-bond donors (Lipinski definition) is 2. The van der Waals surface area contributed by atoms with E-state index in [0.29, 0.717) is 22.2 Å². The molecule has 6 heteroatoms. The predicted octanol–water partition coefficient (Wildman–Crippen LogP) is 3.51. The van der Waals surface area contributed by atoms with Crippen molar-refractivity contribution in [3.8, 4) is 11.5 Å². The summed E-state index contributed by atoms with van der Waals surface area (Å²) in [6.45, 7) is 0.0530. The Morgan fingerprint density at radius 1 is 1.14 bits per heavy atom. The molecule has 0 saturated carbocycles. The van der Waals surface area contributed by atoms with Crippen molar-refractivity contribution < 1.29 is 14.3 Å². The quantitative estimate of drug-likeness (QED) is 0.831. The maximum Gasteiger partial charge on any atom is 0.321 e. The Kier molecular flexibility index (Phi) is 5.29. The summed E-state index contributed by atoms with van der Waals surface area (Å²) in [6.07, 6.45) is 0. The molecule has 0 spiro atoms. The van der Waals surface area contributed by atoms with Crippen molar-refractivity contribution in [2.45, 2.75) is 0 Å². The van der Waals surface area contributed by atoms with Crippen LogP contribution in [0, 0.1) is 0 Å². The third kappa shape index (κ3) is 4.89. The Morgan fingerprint density at radius 2 is 1.90 bits per heavy atom. The molecule has 2 aromatic rings. The van der Waals surface area contributed by atoms with Gasteiger partial charge in [0.15, 0.2) is 6.73 Å². The average molecular weight is 307 g/mol. The van der Waals surface area contributed by atoms with E-state index in [1.165, 1.54) is 0 Å². The van der Waals surface area contributed by atoms with Crippen LogP contribution < -0.4 is 20.1 Å². The Balaban J connectivity index is 1.78. The van der Waals surface area contributed by atoms with Crippen molar-refractivity contribution in [1.29, 1.82) is 0 Å². The highest BCUT2D eigenvalue weighted by atomic mass is 35.5. The normalized spacial score (nSPS) is 9.81. The number of hydrogen-bond acceptors (Lipinski definition) is 3. The minimum absolute atomic E-state index is 0.0530. The summed E-state index contributed by atoms with van der Waals surface area (Å²) in [5.74, 6) is 1.30. The van der Waals surface area contributed by atoms with Crippen LogP contribution in [0.4, 0.5) is 10.5 Å². The van der Waals surface area contributed by atoms with E-state index in [1.54, 1.807) is 55.6 Å². The summed E-state index contributed by atoms with van der Waals surface area (Å²) >= 11 is 5.77. The number of nitrogens with one attached hydrogen (secondary N) is 2. The topological polar surface area (TPSA) is 59.6 Å². The van der Waals surface area contributed by atoms with Gasteiger partial charge in [-0.15, -0.1) is 0 Å². The predicted molar refractivity (Wildman–Crippen MR) is 82.1 cm³/mol. The lowest BCUT2D eigenvalue weighted by atomic mass is 10.3. The third-order valence-corrected chi connectivity index (χ3v) is 2.86. The SMILES string of the molecule is COc1cccc(NC(=O)NCOc2ccc(Cl)cc2)c1. The van der Waals surface area contributed by atoms with Gasteiger partial charge in [-0.25, -0.2) is 4.79 Å². The van der Waals surface area contributed by atoms with Gasteiger partial charge in [0.1, 0.15) is 11.5 Å². The van der Waals surface area contributed by atoms with Gasteiger partial charge in [-0.2, -0.15) is 0 Å². The van der Waals surface area contributed by atoms with Gasteiger partial charge in [0.05, 0.1) is 7.11 Å². The van der Waals surface area contributed by atoms with Crippen LogP contribution in [-0.2, 0) is 0 Å². The van der Waals surface area contributed by atoms with Crippen molar-refractivity contribution in [2.75, 3.05) is 19.2 Å². The molecule has 0 fully saturated rings. The first-order chi connectivity index (χ1) is 10.2. The molecule has 0 radical (unpaired) electrons. The molecule has 110 valence electrons. The lowest BCUT2D eigenvalue weighted by Crippen LogP contribution is -2.31. The van der Waals surface area contributed by atoms with E-state index in [0.717, 1.165) is 0 Å². The van der Waals surface area contributed by atoms with Crippen LogP contribution in [-0.4, -0.2) is 19.9 Å². The smallest absolute Gasteiger partial charge is 0.321 e. The van der Waals surface area contributed by atoms with Gasteiger partial charge in [-0.05, 0) is 36.4 Å². The Hall–Kier alpha value is -2.40. The number of methoxy groups -OCH3 is 1. The van der Waals surface area contributed by atoms with E-state index < -0.39 is 0 Å². The van der Waals surface area contributed by atoms with Crippen molar-refractivity contribution in [3.05, 3.63) is 53.6 Å². The zero-order valence-electron chi connectivity index (χ0n) is 11.4. The number of anilines is 1. The van der Waals surface area contributed by atoms with Crippen LogP contribution in [0.1, 0.15) is 0 Å². The molecule has 0 aliphatic carbocycles. The van der Waals surface area contributed by atoms with E-state index in [-0.39, 0.29) is 12.8 Å². The highest BCUT2D eigenvalue weighted by Gasteiger charge is 2.02. The van der Waals surface area contributed by atoms with E-state index in [2.05, 4.69) is 10.6 Å². The maximum absolute atomic E-state index is 11.7.